The van der Waals surface area contributed by atoms with Crippen molar-refractivity contribution in [3.05, 3.63) is 94.0 Å². The van der Waals surface area contributed by atoms with Crippen LogP contribution in [0.3, 0.4) is 0 Å². The van der Waals surface area contributed by atoms with Gasteiger partial charge < -0.3 is 10.1 Å². The summed E-state index contributed by atoms with van der Waals surface area (Å²) in [5.74, 6) is 0.227. The third kappa shape index (κ3) is 6.91. The minimum Gasteiger partial charge on any atom is -0.494 e. The van der Waals surface area contributed by atoms with Crippen molar-refractivity contribution in [3.8, 4) is 5.75 Å². The fourth-order valence-corrected chi connectivity index (χ4v) is 5.27. The summed E-state index contributed by atoms with van der Waals surface area (Å²) in [5.41, 5.74) is 2.46. The Hall–Kier alpha value is -2.68. The molecule has 0 saturated carbocycles. The average Bonchev–Trinajstić information content (AvgIpc) is 2.80. The van der Waals surface area contributed by atoms with Crippen LogP contribution in [0.15, 0.2) is 82.2 Å². The molecule has 0 aromatic heterocycles. The highest BCUT2D eigenvalue weighted by atomic mass is 79.9. The number of benzene rings is 3. The first-order chi connectivity index (χ1) is 16.2. The number of rotatable bonds is 10. The van der Waals surface area contributed by atoms with E-state index >= 15 is 0 Å². The Labute approximate surface area is 209 Å². The number of halogens is 1. The van der Waals surface area contributed by atoms with Crippen molar-refractivity contribution >= 4 is 31.9 Å². The van der Waals surface area contributed by atoms with Crippen molar-refractivity contribution in [3.63, 3.8) is 0 Å². The molecule has 0 aliphatic carbocycles. The van der Waals surface area contributed by atoms with Crippen LogP contribution in [0.4, 0.5) is 0 Å². The van der Waals surface area contributed by atoms with E-state index in [1.807, 2.05) is 68.4 Å². The van der Waals surface area contributed by atoms with E-state index in [1.165, 1.54) is 6.07 Å². The van der Waals surface area contributed by atoms with Crippen LogP contribution in [0.5, 0.6) is 5.75 Å². The van der Waals surface area contributed by atoms with Crippen molar-refractivity contribution < 1.29 is 17.9 Å². The van der Waals surface area contributed by atoms with Gasteiger partial charge in [-0.1, -0.05) is 58.4 Å². The maximum atomic E-state index is 13.3. The Morgan fingerprint density at radius 3 is 2.41 bits per heavy atom. The third-order valence-corrected chi connectivity index (χ3v) is 7.32. The predicted molar refractivity (Wildman–Crippen MR) is 137 cm³/mol. The number of carbonyl (C=O) groups is 1. The SMILES string of the molecule is CCOc1ccc(S(=O)(=O)NC(Cc2ccccc2)C(=O)NC(C)c2cccc(Br)c2)cc1C. The summed E-state index contributed by atoms with van der Waals surface area (Å²) in [6.07, 6.45) is 0.215. The zero-order chi connectivity index (χ0) is 24.7. The minimum absolute atomic E-state index is 0.0827. The molecule has 0 saturated heterocycles. The Balaban J connectivity index is 1.85. The lowest BCUT2D eigenvalue weighted by atomic mass is 10.0. The maximum absolute atomic E-state index is 13.3. The van der Waals surface area contributed by atoms with Gasteiger partial charge in [-0.2, -0.15) is 4.72 Å². The molecule has 0 spiro atoms. The highest BCUT2D eigenvalue weighted by molar-refractivity contribution is 9.10. The second kappa shape index (κ2) is 11.6. The number of ether oxygens (including phenoxy) is 1. The molecule has 2 N–H and O–H groups in total. The van der Waals surface area contributed by atoms with Crippen molar-refractivity contribution in [2.75, 3.05) is 6.61 Å². The molecule has 0 bridgehead atoms. The topological polar surface area (TPSA) is 84.5 Å². The van der Waals surface area contributed by atoms with Gasteiger partial charge in [0.2, 0.25) is 15.9 Å². The second-order valence-electron chi connectivity index (χ2n) is 8.01. The number of amides is 1. The number of nitrogens with one attached hydrogen (secondary N) is 2. The lowest BCUT2D eigenvalue weighted by Gasteiger charge is -2.22. The molecule has 0 heterocycles. The van der Waals surface area contributed by atoms with Gasteiger partial charge in [-0.05, 0) is 74.2 Å². The summed E-state index contributed by atoms with van der Waals surface area (Å²) in [5, 5.41) is 2.95. The minimum atomic E-state index is -3.96. The van der Waals surface area contributed by atoms with Crippen LogP contribution in [0.25, 0.3) is 0 Å². The normalized spacial score (nSPS) is 13.2. The largest absolute Gasteiger partial charge is 0.494 e. The predicted octanol–water partition coefficient (Wildman–Crippen LogP) is 4.92. The Kier molecular flexibility index (Phi) is 8.88. The van der Waals surface area contributed by atoms with Gasteiger partial charge in [0.25, 0.3) is 0 Å². The zero-order valence-corrected chi connectivity index (χ0v) is 21.8. The molecule has 0 aliphatic rings. The lowest BCUT2D eigenvalue weighted by Crippen LogP contribution is -2.48. The van der Waals surface area contributed by atoms with Gasteiger partial charge in [0.05, 0.1) is 17.5 Å². The number of carbonyl (C=O) groups excluding carboxylic acids is 1. The molecule has 1 amide bonds. The van der Waals surface area contributed by atoms with Crippen LogP contribution in [0, 0.1) is 6.92 Å². The second-order valence-corrected chi connectivity index (χ2v) is 10.6. The number of hydrogen-bond donors (Lipinski definition) is 2. The number of sulfonamides is 1. The average molecular weight is 545 g/mol. The van der Waals surface area contributed by atoms with Crippen LogP contribution in [-0.4, -0.2) is 27.0 Å². The quantitative estimate of drug-likeness (QED) is 0.379. The smallest absolute Gasteiger partial charge is 0.241 e. The molecule has 3 aromatic carbocycles. The molecule has 2 atom stereocenters. The third-order valence-electron chi connectivity index (χ3n) is 5.36. The summed E-state index contributed by atoms with van der Waals surface area (Å²) >= 11 is 3.44. The summed E-state index contributed by atoms with van der Waals surface area (Å²) in [6.45, 7) is 6.01. The van der Waals surface area contributed by atoms with E-state index in [-0.39, 0.29) is 17.4 Å². The number of hydrogen-bond acceptors (Lipinski definition) is 4. The Morgan fingerprint density at radius 1 is 1.03 bits per heavy atom. The van der Waals surface area contributed by atoms with E-state index in [4.69, 9.17) is 4.74 Å². The van der Waals surface area contributed by atoms with E-state index in [0.29, 0.717) is 17.9 Å². The molecule has 6 nitrogen and oxygen atoms in total. The fourth-order valence-electron chi connectivity index (χ4n) is 3.57. The molecular formula is C26H29BrN2O4S. The van der Waals surface area contributed by atoms with Crippen LogP contribution in [0.2, 0.25) is 0 Å². The Bertz CT molecular complexity index is 1230. The van der Waals surface area contributed by atoms with Crippen LogP contribution in [0.1, 0.15) is 36.6 Å². The molecule has 2 unspecified atom stereocenters. The van der Waals surface area contributed by atoms with Gasteiger partial charge in [-0.3, -0.25) is 4.79 Å². The van der Waals surface area contributed by atoms with E-state index in [0.717, 1.165) is 15.6 Å². The highest BCUT2D eigenvalue weighted by Crippen LogP contribution is 2.23. The van der Waals surface area contributed by atoms with Crippen LogP contribution in [-0.2, 0) is 21.2 Å². The molecular weight excluding hydrogens is 516 g/mol. The van der Waals surface area contributed by atoms with E-state index in [2.05, 4.69) is 26.0 Å². The van der Waals surface area contributed by atoms with E-state index in [1.54, 1.807) is 19.1 Å². The maximum Gasteiger partial charge on any atom is 0.241 e. The van der Waals surface area contributed by atoms with Crippen molar-refractivity contribution in [2.24, 2.45) is 0 Å². The summed E-state index contributed by atoms with van der Waals surface area (Å²) in [4.78, 5) is 13.3. The molecule has 0 radical (unpaired) electrons. The van der Waals surface area contributed by atoms with Gasteiger partial charge in [-0.15, -0.1) is 0 Å². The molecule has 3 rings (SSSR count). The fraction of sp³-hybridized carbons (Fsp3) is 0.269. The lowest BCUT2D eigenvalue weighted by molar-refractivity contribution is -0.123. The Morgan fingerprint density at radius 2 is 1.76 bits per heavy atom. The van der Waals surface area contributed by atoms with Gasteiger partial charge >= 0.3 is 0 Å². The van der Waals surface area contributed by atoms with Gasteiger partial charge in [0, 0.05) is 4.47 Å². The standard InChI is InChI=1S/C26H29BrN2O4S/c1-4-33-25-14-13-23(15-18(25)2)34(31,32)29-24(16-20-9-6-5-7-10-20)26(30)28-19(3)21-11-8-12-22(27)17-21/h5-15,17,19,24,29H,4,16H2,1-3H3,(H,28,30). The first-order valence-corrected chi connectivity index (χ1v) is 13.3. The van der Waals surface area contributed by atoms with Crippen LogP contribution >= 0.6 is 15.9 Å². The summed E-state index contributed by atoms with van der Waals surface area (Å²) < 4.78 is 35.5. The molecule has 34 heavy (non-hydrogen) atoms. The van der Waals surface area contributed by atoms with Crippen LogP contribution < -0.4 is 14.8 Å². The first kappa shape index (κ1) is 25.9. The molecule has 0 aliphatic heterocycles. The molecule has 0 fully saturated rings. The van der Waals surface area contributed by atoms with E-state index in [9.17, 15) is 13.2 Å². The highest BCUT2D eigenvalue weighted by Gasteiger charge is 2.27. The van der Waals surface area contributed by atoms with Gasteiger partial charge in [0.15, 0.2) is 0 Å². The van der Waals surface area contributed by atoms with Crippen molar-refractivity contribution in [2.45, 2.75) is 44.2 Å². The summed E-state index contributed by atoms with van der Waals surface area (Å²) in [7, 11) is -3.96. The first-order valence-electron chi connectivity index (χ1n) is 11.0. The molecule has 8 heteroatoms. The molecule has 3 aromatic rings. The van der Waals surface area contributed by atoms with Crippen molar-refractivity contribution in [1.29, 1.82) is 0 Å². The van der Waals surface area contributed by atoms with E-state index < -0.39 is 22.0 Å². The summed E-state index contributed by atoms with van der Waals surface area (Å²) in [6, 6.07) is 20.3. The van der Waals surface area contributed by atoms with Crippen molar-refractivity contribution in [1.82, 2.24) is 10.0 Å². The van der Waals surface area contributed by atoms with Gasteiger partial charge in [-0.25, -0.2) is 8.42 Å². The molecule has 180 valence electrons. The zero-order valence-electron chi connectivity index (χ0n) is 19.4. The monoisotopic (exact) mass is 544 g/mol. The van der Waals surface area contributed by atoms with Gasteiger partial charge in [0.1, 0.15) is 11.8 Å². The number of aryl methyl sites for hydroxylation is 1.